The van der Waals surface area contributed by atoms with Gasteiger partial charge in [-0.05, 0) is 0 Å². The van der Waals surface area contributed by atoms with Crippen LogP contribution in [0.4, 0.5) is 0 Å². The van der Waals surface area contributed by atoms with Crippen LogP contribution in [0.5, 0.6) is 0 Å². The summed E-state index contributed by atoms with van der Waals surface area (Å²) in [5.41, 5.74) is 0. The van der Waals surface area contributed by atoms with Crippen molar-refractivity contribution in [2.75, 3.05) is 0 Å². The van der Waals surface area contributed by atoms with Crippen LogP contribution in [-0.2, 0) is 0 Å². The molecule has 0 saturated heterocycles. The third kappa shape index (κ3) is 802. The SMILES string of the molecule is C=CC=C.O[Si](O)(O)O. The van der Waals surface area contributed by atoms with Gasteiger partial charge in [0.2, 0.25) is 0 Å². The summed E-state index contributed by atoms with van der Waals surface area (Å²) in [5, 5.41) is 0. The second-order valence-electron chi connectivity index (χ2n) is 1.07. The van der Waals surface area contributed by atoms with Crippen LogP contribution in [0.2, 0.25) is 0 Å². The topological polar surface area (TPSA) is 80.9 Å². The van der Waals surface area contributed by atoms with E-state index in [9.17, 15) is 0 Å². The van der Waals surface area contributed by atoms with E-state index in [1.807, 2.05) is 0 Å². The van der Waals surface area contributed by atoms with Gasteiger partial charge < -0.3 is 19.2 Å². The van der Waals surface area contributed by atoms with Gasteiger partial charge in [-0.2, -0.15) is 0 Å². The zero-order valence-electron chi connectivity index (χ0n) is 4.86. The van der Waals surface area contributed by atoms with E-state index >= 15 is 0 Å². The number of rotatable bonds is 1. The first kappa shape index (κ1) is 11.3. The summed E-state index contributed by atoms with van der Waals surface area (Å²) in [4.78, 5) is 29.3. The lowest BCUT2D eigenvalue weighted by Gasteiger charge is -1.91. The summed E-state index contributed by atoms with van der Waals surface area (Å²) in [6, 6.07) is 0. The van der Waals surface area contributed by atoms with E-state index in [1.165, 1.54) is 0 Å². The summed E-state index contributed by atoms with van der Waals surface area (Å²) < 4.78 is 0. The van der Waals surface area contributed by atoms with Crippen molar-refractivity contribution in [2.45, 2.75) is 0 Å². The molecule has 0 unspecified atom stereocenters. The standard InChI is InChI=1S/C4H6.H4O4Si/c1-3-4-2;1-5(2,3)4/h3-4H,1-2H2;1-4H. The van der Waals surface area contributed by atoms with Crippen molar-refractivity contribution in [1.82, 2.24) is 0 Å². The summed E-state index contributed by atoms with van der Waals surface area (Å²) in [5.74, 6) is 0. The number of hydrogen-bond donors (Lipinski definition) is 4. The number of allylic oxidation sites excluding steroid dienone is 2. The molecule has 0 saturated carbocycles. The molecule has 0 atom stereocenters. The number of hydrogen-bond acceptors (Lipinski definition) is 4. The van der Waals surface area contributed by atoms with Gasteiger partial charge in [-0.1, -0.05) is 25.3 Å². The smallest absolute Gasteiger partial charge is 0.368 e. The maximum Gasteiger partial charge on any atom is 0.668 e. The molecule has 4 N–H and O–H groups in total. The Bertz CT molecular complexity index is 73.1. The second kappa shape index (κ2) is 5.67. The Hall–Kier alpha value is -0.463. The van der Waals surface area contributed by atoms with Crippen molar-refractivity contribution in [3.05, 3.63) is 25.3 Å². The van der Waals surface area contributed by atoms with Crippen molar-refractivity contribution in [1.29, 1.82) is 0 Å². The normalized spacial score (nSPS) is 8.89. The molecule has 54 valence electrons. The van der Waals surface area contributed by atoms with E-state index in [2.05, 4.69) is 13.2 Å². The Morgan fingerprint density at radius 3 is 1.00 bits per heavy atom. The van der Waals surface area contributed by atoms with Crippen molar-refractivity contribution < 1.29 is 19.2 Å². The summed E-state index contributed by atoms with van der Waals surface area (Å²) >= 11 is 0. The molecule has 0 spiro atoms. The maximum absolute atomic E-state index is 7.33. The minimum Gasteiger partial charge on any atom is -0.368 e. The molecule has 0 amide bonds. The first-order chi connectivity index (χ1) is 3.91. The van der Waals surface area contributed by atoms with E-state index in [0.717, 1.165) is 0 Å². The van der Waals surface area contributed by atoms with Crippen molar-refractivity contribution >= 4 is 9.05 Å². The van der Waals surface area contributed by atoms with Gasteiger partial charge in [-0.3, -0.25) is 0 Å². The lowest BCUT2D eigenvalue weighted by atomic mass is 10.6. The fraction of sp³-hybridized carbons (Fsp3) is 0. The molecule has 0 aromatic carbocycles. The molecule has 0 aromatic heterocycles. The Morgan fingerprint density at radius 1 is 0.889 bits per heavy atom. The van der Waals surface area contributed by atoms with Crippen LogP contribution >= 0.6 is 0 Å². The van der Waals surface area contributed by atoms with Crippen LogP contribution in [0.1, 0.15) is 0 Å². The van der Waals surface area contributed by atoms with Crippen LogP contribution in [0.25, 0.3) is 0 Å². The summed E-state index contributed by atoms with van der Waals surface area (Å²) in [7, 11) is -4.61. The van der Waals surface area contributed by atoms with E-state index < -0.39 is 9.05 Å². The molecule has 0 aromatic rings. The highest BCUT2D eigenvalue weighted by molar-refractivity contribution is 6.46. The van der Waals surface area contributed by atoms with Gasteiger partial charge in [-0.15, -0.1) is 0 Å². The molecule has 0 fully saturated rings. The molecular formula is C4H10O4Si. The molecule has 0 aliphatic rings. The molecule has 9 heavy (non-hydrogen) atoms. The third-order valence-corrected chi connectivity index (χ3v) is 0.167. The predicted octanol–water partition coefficient (Wildman–Crippen LogP) is -1.25. The Morgan fingerprint density at radius 2 is 1.00 bits per heavy atom. The molecule has 0 heterocycles. The molecule has 5 heteroatoms. The highest BCUT2D eigenvalue weighted by atomic mass is 28.4. The zero-order valence-corrected chi connectivity index (χ0v) is 5.86. The van der Waals surface area contributed by atoms with Gasteiger partial charge in [-0.25, -0.2) is 0 Å². The highest BCUT2D eigenvalue weighted by Crippen LogP contribution is 1.67. The van der Waals surface area contributed by atoms with Gasteiger partial charge in [0.15, 0.2) is 0 Å². The van der Waals surface area contributed by atoms with E-state index in [4.69, 9.17) is 19.2 Å². The first-order valence-corrected chi connectivity index (χ1v) is 3.83. The van der Waals surface area contributed by atoms with E-state index in [0.29, 0.717) is 0 Å². The van der Waals surface area contributed by atoms with Crippen LogP contribution in [0.15, 0.2) is 25.3 Å². The van der Waals surface area contributed by atoms with Gasteiger partial charge in [0.05, 0.1) is 0 Å². The lowest BCUT2D eigenvalue weighted by Crippen LogP contribution is -2.33. The van der Waals surface area contributed by atoms with Crippen LogP contribution in [0.3, 0.4) is 0 Å². The molecule has 0 aliphatic carbocycles. The Balaban J connectivity index is 0. The highest BCUT2D eigenvalue weighted by Gasteiger charge is 2.22. The summed E-state index contributed by atoms with van der Waals surface area (Å²) in [6.07, 6.45) is 3.28. The third-order valence-electron chi connectivity index (χ3n) is 0.167. The molecule has 0 rings (SSSR count). The lowest BCUT2D eigenvalue weighted by molar-refractivity contribution is 0.117. The van der Waals surface area contributed by atoms with Gasteiger partial charge >= 0.3 is 9.05 Å². The van der Waals surface area contributed by atoms with Crippen molar-refractivity contribution in [2.24, 2.45) is 0 Å². The monoisotopic (exact) mass is 150 g/mol. The van der Waals surface area contributed by atoms with Crippen molar-refractivity contribution in [3.8, 4) is 0 Å². The average Bonchev–Trinajstić information content (AvgIpc) is 1.61. The molecule has 0 aliphatic heterocycles. The molecule has 0 bridgehead atoms. The van der Waals surface area contributed by atoms with Gasteiger partial charge in [0.25, 0.3) is 0 Å². The average molecular weight is 150 g/mol. The van der Waals surface area contributed by atoms with Gasteiger partial charge in [0.1, 0.15) is 0 Å². The second-order valence-corrected chi connectivity index (χ2v) is 2.27. The van der Waals surface area contributed by atoms with Crippen molar-refractivity contribution in [3.63, 3.8) is 0 Å². The van der Waals surface area contributed by atoms with Crippen LogP contribution in [0, 0.1) is 0 Å². The van der Waals surface area contributed by atoms with E-state index in [1.54, 1.807) is 12.2 Å². The fourth-order valence-electron chi connectivity index (χ4n) is 0. The Kier molecular flexibility index (Phi) is 7.15. The molecule has 4 nitrogen and oxygen atoms in total. The summed E-state index contributed by atoms with van der Waals surface area (Å²) in [6.45, 7) is 6.72. The van der Waals surface area contributed by atoms with E-state index in [-0.39, 0.29) is 0 Å². The van der Waals surface area contributed by atoms with Crippen LogP contribution < -0.4 is 0 Å². The largest absolute Gasteiger partial charge is 0.668 e. The minimum atomic E-state index is -4.61. The minimum absolute atomic E-state index is 1.64. The molecular weight excluding hydrogens is 140 g/mol. The predicted molar refractivity (Wildman–Crippen MR) is 35.0 cm³/mol. The zero-order chi connectivity index (χ0) is 7.91. The van der Waals surface area contributed by atoms with Gasteiger partial charge in [0, 0.05) is 0 Å². The van der Waals surface area contributed by atoms with Crippen LogP contribution in [-0.4, -0.2) is 28.2 Å². The first-order valence-electron chi connectivity index (χ1n) is 2.04. The fourth-order valence-corrected chi connectivity index (χ4v) is 0. The quantitative estimate of drug-likeness (QED) is 0.278. The maximum atomic E-state index is 7.33. The Labute approximate surface area is 54.5 Å². The molecule has 0 radical (unpaired) electrons.